The number of nitrogens with zero attached hydrogens (tertiary/aromatic N) is 3. The first kappa shape index (κ1) is 19.5. The van der Waals surface area contributed by atoms with Crippen molar-refractivity contribution in [3.8, 4) is 17.0 Å². The third kappa shape index (κ3) is 4.02. The van der Waals surface area contributed by atoms with E-state index in [2.05, 4.69) is 9.27 Å². The average molecular weight is 429 g/mol. The van der Waals surface area contributed by atoms with Crippen LogP contribution in [-0.4, -0.2) is 48.5 Å². The molecule has 0 aliphatic carbocycles. The molecule has 1 aliphatic rings. The van der Waals surface area contributed by atoms with Gasteiger partial charge in [-0.3, -0.25) is 4.79 Å². The molecule has 1 aliphatic heterocycles. The van der Waals surface area contributed by atoms with E-state index in [1.54, 1.807) is 7.11 Å². The molecular weight excluding hydrogens is 408 g/mol. The van der Waals surface area contributed by atoms with E-state index in [1.165, 1.54) is 0 Å². The average Bonchev–Trinajstić information content (AvgIpc) is 3.14. The Kier molecular flexibility index (Phi) is 5.60. The Morgan fingerprint density at radius 1 is 1.14 bits per heavy atom. The van der Waals surface area contributed by atoms with Crippen LogP contribution < -0.4 is 15.4 Å². The van der Waals surface area contributed by atoms with Crippen molar-refractivity contribution in [3.63, 3.8) is 0 Å². The van der Waals surface area contributed by atoms with E-state index in [9.17, 15) is 4.79 Å². The second kappa shape index (κ2) is 8.31. The molecule has 0 bridgehead atoms. The van der Waals surface area contributed by atoms with Crippen LogP contribution in [-0.2, 0) is 0 Å². The fourth-order valence-corrected chi connectivity index (χ4v) is 4.37. The summed E-state index contributed by atoms with van der Waals surface area (Å²) in [6.07, 6.45) is 0. The molecule has 8 heteroatoms. The summed E-state index contributed by atoms with van der Waals surface area (Å²) in [5.74, 6) is 0.696. The van der Waals surface area contributed by atoms with Crippen LogP contribution >= 0.6 is 23.1 Å². The zero-order valence-corrected chi connectivity index (χ0v) is 17.5. The molecule has 2 heterocycles. The number of methoxy groups -OCH3 is 1. The van der Waals surface area contributed by atoms with Crippen LogP contribution in [0.1, 0.15) is 9.67 Å². The molecule has 6 nitrogen and oxygen atoms in total. The predicted octanol–water partition coefficient (Wildman–Crippen LogP) is 4.02. The lowest BCUT2D eigenvalue weighted by atomic mass is 10.1. The molecule has 0 atom stereocenters. The summed E-state index contributed by atoms with van der Waals surface area (Å²) in [6, 6.07) is 15.3. The maximum atomic E-state index is 13.0. The number of piperazine rings is 1. The molecule has 150 valence electrons. The van der Waals surface area contributed by atoms with E-state index in [-0.39, 0.29) is 5.91 Å². The van der Waals surface area contributed by atoms with Gasteiger partial charge in [0.25, 0.3) is 5.91 Å². The maximum Gasteiger partial charge on any atom is 0.267 e. The Hall–Kier alpha value is -2.77. The van der Waals surface area contributed by atoms with Crippen LogP contribution in [0.2, 0.25) is 5.02 Å². The molecule has 0 radical (unpaired) electrons. The molecule has 1 aromatic heterocycles. The van der Waals surface area contributed by atoms with Crippen LogP contribution in [0.25, 0.3) is 11.3 Å². The number of ether oxygens (including phenoxy) is 1. The number of hydrogen-bond acceptors (Lipinski definition) is 6. The molecule has 29 heavy (non-hydrogen) atoms. The van der Waals surface area contributed by atoms with E-state index in [0.717, 1.165) is 41.6 Å². The first-order chi connectivity index (χ1) is 14.1. The van der Waals surface area contributed by atoms with Crippen LogP contribution in [0.3, 0.4) is 0 Å². The van der Waals surface area contributed by atoms with Gasteiger partial charge in [0.2, 0.25) is 0 Å². The highest BCUT2D eigenvalue weighted by Crippen LogP contribution is 2.33. The normalized spacial score (nSPS) is 14.1. The van der Waals surface area contributed by atoms with Gasteiger partial charge >= 0.3 is 0 Å². The number of carbonyl (C=O) groups excluding carboxylic acids is 1. The Bertz CT molecular complexity index is 1010. The molecule has 0 unspecified atom stereocenters. The molecule has 1 fully saturated rings. The van der Waals surface area contributed by atoms with E-state index < -0.39 is 0 Å². The smallest absolute Gasteiger partial charge is 0.267 e. The van der Waals surface area contributed by atoms with Crippen LogP contribution in [0.5, 0.6) is 5.75 Å². The third-order valence-electron chi connectivity index (χ3n) is 5.03. The molecule has 4 rings (SSSR count). The van der Waals surface area contributed by atoms with Crippen LogP contribution in [0, 0.1) is 0 Å². The van der Waals surface area contributed by atoms with E-state index in [1.807, 2.05) is 53.4 Å². The van der Waals surface area contributed by atoms with Gasteiger partial charge in [-0.25, -0.2) is 0 Å². The quantitative estimate of drug-likeness (QED) is 0.679. The van der Waals surface area contributed by atoms with Crippen molar-refractivity contribution in [1.82, 2.24) is 9.27 Å². The Labute approximate surface area is 178 Å². The van der Waals surface area contributed by atoms with Crippen LogP contribution in [0.15, 0.2) is 48.5 Å². The number of aromatic nitrogens is 1. The van der Waals surface area contributed by atoms with Gasteiger partial charge in [0.05, 0.1) is 12.8 Å². The molecule has 1 amide bonds. The molecule has 1 saturated heterocycles. The van der Waals surface area contributed by atoms with Gasteiger partial charge < -0.3 is 20.3 Å². The minimum Gasteiger partial charge on any atom is -0.497 e. The van der Waals surface area contributed by atoms with Crippen molar-refractivity contribution in [1.29, 1.82) is 0 Å². The van der Waals surface area contributed by atoms with Crippen molar-refractivity contribution in [2.75, 3.05) is 43.9 Å². The molecular formula is C21H21ClN4O2S. The number of halogens is 1. The number of benzene rings is 2. The summed E-state index contributed by atoms with van der Waals surface area (Å²) >= 11 is 7.25. The molecule has 2 N–H and O–H groups in total. The van der Waals surface area contributed by atoms with Gasteiger partial charge in [-0.1, -0.05) is 17.7 Å². The minimum atomic E-state index is -0.0643. The largest absolute Gasteiger partial charge is 0.497 e. The second-order valence-electron chi connectivity index (χ2n) is 6.76. The second-order valence-corrected chi connectivity index (χ2v) is 7.97. The molecule has 2 aromatic carbocycles. The molecule has 3 aromatic rings. The van der Waals surface area contributed by atoms with Gasteiger partial charge in [0.15, 0.2) is 0 Å². The van der Waals surface area contributed by atoms with Crippen molar-refractivity contribution >= 4 is 40.4 Å². The number of nitrogens with two attached hydrogens (primary N) is 1. The van der Waals surface area contributed by atoms with E-state index in [4.69, 9.17) is 22.1 Å². The van der Waals surface area contributed by atoms with Gasteiger partial charge in [-0.05, 0) is 54.0 Å². The topological polar surface area (TPSA) is 71.7 Å². The first-order valence-electron chi connectivity index (χ1n) is 9.26. The number of carbonyl (C=O) groups is 1. The lowest BCUT2D eigenvalue weighted by molar-refractivity contribution is 0.0752. The molecule has 0 saturated carbocycles. The van der Waals surface area contributed by atoms with Gasteiger partial charge in [0, 0.05) is 42.5 Å². The Balaban J connectivity index is 1.46. The first-order valence-corrected chi connectivity index (χ1v) is 10.4. The number of amides is 1. The number of rotatable bonds is 4. The summed E-state index contributed by atoms with van der Waals surface area (Å²) < 4.78 is 9.62. The van der Waals surface area contributed by atoms with Crippen molar-refractivity contribution < 1.29 is 9.53 Å². The fraction of sp³-hybridized carbons (Fsp3) is 0.238. The standard InChI is InChI=1S/C21H21ClN4O2S/c1-28-17-7-5-14(6-8-17)19-18(23)20(29-24-19)21(27)26-11-9-25(10-12-26)16-4-2-3-15(22)13-16/h2-8,13H,9-12,23H2,1H3. The maximum absolute atomic E-state index is 13.0. The summed E-state index contributed by atoms with van der Waals surface area (Å²) in [7, 11) is 1.62. The zero-order valence-electron chi connectivity index (χ0n) is 16.0. The Morgan fingerprint density at radius 3 is 2.52 bits per heavy atom. The van der Waals surface area contributed by atoms with E-state index >= 15 is 0 Å². The lowest BCUT2D eigenvalue weighted by Gasteiger charge is -2.36. The molecule has 0 spiro atoms. The highest BCUT2D eigenvalue weighted by Gasteiger charge is 2.27. The van der Waals surface area contributed by atoms with Crippen molar-refractivity contribution in [2.45, 2.75) is 0 Å². The Morgan fingerprint density at radius 2 is 1.86 bits per heavy atom. The number of nitrogen functional groups attached to an aromatic ring is 1. The summed E-state index contributed by atoms with van der Waals surface area (Å²) in [5.41, 5.74) is 9.30. The van der Waals surface area contributed by atoms with Crippen molar-refractivity contribution in [3.05, 3.63) is 58.4 Å². The summed E-state index contributed by atoms with van der Waals surface area (Å²) in [5, 5.41) is 0.713. The predicted molar refractivity (Wildman–Crippen MR) is 118 cm³/mol. The van der Waals surface area contributed by atoms with Gasteiger partial charge in [-0.15, -0.1) is 0 Å². The lowest BCUT2D eigenvalue weighted by Crippen LogP contribution is -2.48. The monoisotopic (exact) mass is 428 g/mol. The summed E-state index contributed by atoms with van der Waals surface area (Å²) in [6.45, 7) is 2.74. The van der Waals surface area contributed by atoms with E-state index in [0.29, 0.717) is 34.4 Å². The third-order valence-corrected chi connectivity index (χ3v) is 6.11. The highest BCUT2D eigenvalue weighted by atomic mass is 35.5. The van der Waals surface area contributed by atoms with Crippen molar-refractivity contribution in [2.24, 2.45) is 0 Å². The minimum absolute atomic E-state index is 0.0643. The zero-order chi connectivity index (χ0) is 20.4. The number of anilines is 2. The highest BCUT2D eigenvalue weighted by molar-refractivity contribution is 7.09. The van der Waals surface area contributed by atoms with Crippen LogP contribution in [0.4, 0.5) is 11.4 Å². The van der Waals surface area contributed by atoms with Gasteiger partial charge in [-0.2, -0.15) is 4.37 Å². The SMILES string of the molecule is COc1ccc(-c2nsc(C(=O)N3CCN(c4cccc(Cl)c4)CC3)c2N)cc1. The summed E-state index contributed by atoms with van der Waals surface area (Å²) in [4.78, 5) is 17.6. The fourth-order valence-electron chi connectivity index (χ4n) is 3.39. The number of hydrogen-bond donors (Lipinski definition) is 1. The van der Waals surface area contributed by atoms with Gasteiger partial charge in [0.1, 0.15) is 16.3 Å².